The van der Waals surface area contributed by atoms with Gasteiger partial charge in [-0.05, 0) is 58.2 Å². The van der Waals surface area contributed by atoms with Crippen LogP contribution in [0.4, 0.5) is 0 Å². The van der Waals surface area contributed by atoms with Crippen LogP contribution in [0.15, 0.2) is 0 Å². The molecule has 0 atom stereocenters. The SMILES string of the molecule is CC(C)(C)C[Si](CCCOCC(CO)(CO)COCCC[Si](CC(C)(C)C)(CC(C)(C)C)CC(C)(C)C)(CC(C)(C)C)CC(C)(C)C.CC(C)[Si](CCCOCC(CO)(CO)COCCC[Si](C(C)C)(C(C)C)C(C)C)(C(C)C)C(C)C. The molecule has 0 aliphatic heterocycles. The molecule has 0 spiro atoms. The van der Waals surface area contributed by atoms with Crippen LogP contribution in [0.5, 0.6) is 0 Å². The zero-order valence-electron chi connectivity index (χ0n) is 61.3. The molecule has 0 aliphatic rings. The van der Waals surface area contributed by atoms with Crippen LogP contribution in [0.3, 0.4) is 0 Å². The summed E-state index contributed by atoms with van der Waals surface area (Å²) in [6.45, 7) is 75.9. The summed E-state index contributed by atoms with van der Waals surface area (Å²) in [5.74, 6) is 0. The van der Waals surface area contributed by atoms with Crippen LogP contribution in [-0.4, -0.2) is 132 Å². The lowest BCUT2D eigenvalue weighted by Crippen LogP contribution is -2.44. The van der Waals surface area contributed by atoms with E-state index in [1.54, 1.807) is 0 Å². The molecule has 0 heterocycles. The van der Waals surface area contributed by atoms with Crippen molar-refractivity contribution < 1.29 is 39.4 Å². The Balaban J connectivity index is 0. The molecule has 0 unspecified atom stereocenters. The Hall–Kier alpha value is 0.548. The minimum atomic E-state index is -1.61. The molecule has 0 saturated heterocycles. The molecule has 0 aliphatic carbocycles. The first-order valence-electron chi connectivity index (χ1n) is 33.7. The van der Waals surface area contributed by atoms with Gasteiger partial charge < -0.3 is 39.4 Å². The average molecular weight is 1230 g/mol. The molecule has 0 aromatic heterocycles. The van der Waals surface area contributed by atoms with Gasteiger partial charge in [-0.1, -0.05) is 301 Å². The first kappa shape index (κ1) is 84.6. The van der Waals surface area contributed by atoms with Gasteiger partial charge in [-0.15, -0.1) is 0 Å². The fraction of sp³-hybridized carbons (Fsp3) is 1.00. The first-order valence-corrected chi connectivity index (χ1v) is 44.3. The van der Waals surface area contributed by atoms with Crippen LogP contribution in [0.25, 0.3) is 0 Å². The van der Waals surface area contributed by atoms with Gasteiger partial charge in [0, 0.05) is 26.4 Å². The summed E-state index contributed by atoms with van der Waals surface area (Å²) in [6, 6.07) is 13.1. The van der Waals surface area contributed by atoms with Crippen molar-refractivity contribution >= 4 is 32.3 Å². The van der Waals surface area contributed by atoms with Crippen molar-refractivity contribution in [2.75, 3.05) is 79.3 Å². The molecule has 0 aromatic rings. The molecule has 12 heteroatoms. The number of hydrogen-bond donors (Lipinski definition) is 4. The number of aliphatic hydroxyl groups is 4. The summed E-state index contributed by atoms with van der Waals surface area (Å²) in [5, 5.41) is 41.0. The second-order valence-corrected chi connectivity index (χ2v) is 58.3. The van der Waals surface area contributed by atoms with Gasteiger partial charge in [-0.25, -0.2) is 0 Å². The van der Waals surface area contributed by atoms with Gasteiger partial charge in [-0.2, -0.15) is 0 Å². The lowest BCUT2D eigenvalue weighted by molar-refractivity contribution is -0.0769. The van der Waals surface area contributed by atoms with Gasteiger partial charge in [0.15, 0.2) is 0 Å². The zero-order valence-corrected chi connectivity index (χ0v) is 65.3. The third kappa shape index (κ3) is 32.9. The first-order chi connectivity index (χ1) is 37.0. The normalized spacial score (nSPS) is 14.6. The monoisotopic (exact) mass is 1230 g/mol. The van der Waals surface area contributed by atoms with E-state index in [9.17, 15) is 20.4 Å². The van der Waals surface area contributed by atoms with Crippen LogP contribution in [-0.2, 0) is 18.9 Å². The molecule has 0 aromatic carbocycles. The topological polar surface area (TPSA) is 118 Å². The van der Waals surface area contributed by atoms with E-state index in [1.165, 1.54) is 60.4 Å². The maximum atomic E-state index is 10.4. The van der Waals surface area contributed by atoms with Crippen LogP contribution < -0.4 is 0 Å². The van der Waals surface area contributed by atoms with Gasteiger partial charge in [0.05, 0.1) is 96.0 Å². The zero-order chi connectivity index (χ0) is 64.7. The summed E-state index contributed by atoms with van der Waals surface area (Å²) in [4.78, 5) is 0. The van der Waals surface area contributed by atoms with E-state index in [2.05, 4.69) is 208 Å². The number of rotatable bonds is 40. The van der Waals surface area contributed by atoms with Crippen LogP contribution in [0, 0.1) is 43.3 Å². The van der Waals surface area contributed by atoms with Gasteiger partial charge >= 0.3 is 0 Å². The molecule has 8 nitrogen and oxygen atoms in total. The van der Waals surface area contributed by atoms with Crippen molar-refractivity contribution in [3.63, 3.8) is 0 Å². The van der Waals surface area contributed by atoms with Gasteiger partial charge in [0.25, 0.3) is 0 Å². The molecule has 0 bridgehead atoms. The van der Waals surface area contributed by atoms with Crippen LogP contribution in [0.2, 0.25) is 93.7 Å². The predicted molar refractivity (Wildman–Crippen MR) is 373 cm³/mol. The Morgan fingerprint density at radius 2 is 0.427 bits per heavy atom. The number of hydrogen-bond acceptors (Lipinski definition) is 8. The quantitative estimate of drug-likeness (QED) is 0.0354. The van der Waals surface area contributed by atoms with E-state index in [4.69, 9.17) is 18.9 Å². The van der Waals surface area contributed by atoms with Gasteiger partial charge in [0.1, 0.15) is 0 Å². The molecule has 0 amide bonds. The smallest absolute Gasteiger partial charge is 0.0632 e. The van der Waals surface area contributed by atoms with E-state index in [0.29, 0.717) is 85.3 Å². The fourth-order valence-corrected chi connectivity index (χ4v) is 47.2. The highest BCUT2D eigenvalue weighted by Gasteiger charge is 2.46. The van der Waals surface area contributed by atoms with Crippen molar-refractivity contribution in [2.24, 2.45) is 43.3 Å². The summed E-state index contributed by atoms with van der Waals surface area (Å²) in [6.07, 6.45) is 4.20. The highest BCUT2D eigenvalue weighted by Crippen LogP contribution is 2.49. The summed E-state index contributed by atoms with van der Waals surface area (Å²) in [5.41, 5.74) is 4.98. The largest absolute Gasteiger partial charge is 0.396 e. The Labute approximate surface area is 518 Å². The van der Waals surface area contributed by atoms with Crippen LogP contribution >= 0.6 is 0 Å². The molecule has 496 valence electrons. The Bertz CT molecular complexity index is 1390. The van der Waals surface area contributed by atoms with Crippen LogP contribution in [0.1, 0.15) is 233 Å². The lowest BCUT2D eigenvalue weighted by Gasteiger charge is -2.45. The Morgan fingerprint density at radius 3 is 0.561 bits per heavy atom. The summed E-state index contributed by atoms with van der Waals surface area (Å²) in [7, 11) is -6.03. The third-order valence-corrected chi connectivity index (χ3v) is 47.7. The molecule has 82 heavy (non-hydrogen) atoms. The average Bonchev–Trinajstić information content (AvgIpc) is 3.25. The molecule has 0 fully saturated rings. The third-order valence-electron chi connectivity index (χ3n) is 18.6. The Morgan fingerprint density at radius 1 is 0.268 bits per heavy atom. The van der Waals surface area contributed by atoms with Crippen molar-refractivity contribution in [1.82, 2.24) is 0 Å². The highest BCUT2D eigenvalue weighted by molar-refractivity contribution is 6.84. The maximum Gasteiger partial charge on any atom is 0.0632 e. The van der Waals surface area contributed by atoms with Crippen molar-refractivity contribution in [2.45, 2.75) is 327 Å². The van der Waals surface area contributed by atoms with E-state index in [1.807, 2.05) is 0 Å². The lowest BCUT2D eigenvalue weighted by atomic mass is 9.92. The maximum absolute atomic E-state index is 10.4. The molecule has 0 radical (unpaired) electrons. The summed E-state index contributed by atoms with van der Waals surface area (Å²) >= 11 is 0. The molecule has 4 N–H and O–H groups in total. The van der Waals surface area contributed by atoms with Crippen molar-refractivity contribution in [3.05, 3.63) is 0 Å². The molecule has 0 saturated carbocycles. The number of ether oxygens (including phenoxy) is 4. The minimum absolute atomic E-state index is 0.116. The highest BCUT2D eigenvalue weighted by atomic mass is 28.3. The van der Waals surface area contributed by atoms with Gasteiger partial charge in [0.2, 0.25) is 0 Å². The standard InChI is InChI=1S/C41H88O4Si2.C29H64O4Si2/c1-35(2,3)29-46(30-36(4,5)6,31-37(7,8)9)23-19-21-44-27-41(25-42,26-43)28-45-22-20-24-47(32-38(10,11)12,33-39(13,14)15)34-40(16,17)18;1-23(2)34(24(3)4,25(5)6)17-13-15-32-21-29(19-30,20-31)22-33-16-14-18-35(26(7)8,27(9)10)28(11)12/h42-43H,19-34H2,1-18H3;23-28,30-31H,13-22H2,1-12H3. The molecule has 0 rings (SSSR count). The Kier molecular flexibility index (Phi) is 37.6. The number of aliphatic hydroxyl groups excluding tert-OH is 4. The summed E-state index contributed by atoms with van der Waals surface area (Å²) < 4.78 is 24.6. The molecular weight excluding hydrogens is 1080 g/mol. The second-order valence-electron chi connectivity index (χ2n) is 36.8. The van der Waals surface area contributed by atoms with Crippen molar-refractivity contribution in [1.29, 1.82) is 0 Å². The van der Waals surface area contributed by atoms with E-state index in [-0.39, 0.29) is 26.4 Å². The van der Waals surface area contributed by atoms with Crippen molar-refractivity contribution in [3.8, 4) is 0 Å². The fourth-order valence-electron chi connectivity index (χ4n) is 17.1. The van der Waals surface area contributed by atoms with E-state index in [0.717, 1.165) is 58.9 Å². The van der Waals surface area contributed by atoms with Gasteiger partial charge in [-0.3, -0.25) is 0 Å². The molecular formula is C70H152O8Si4. The van der Waals surface area contributed by atoms with E-state index >= 15 is 0 Å². The van der Waals surface area contributed by atoms with E-state index < -0.39 is 43.1 Å². The predicted octanol–water partition coefficient (Wildman–Crippen LogP) is 20.1. The minimum Gasteiger partial charge on any atom is -0.396 e. The second kappa shape index (κ2) is 36.4.